The number of nitrogens with zero attached hydrogens (tertiary/aromatic N) is 2. The molecule has 3 aromatic rings. The Balaban J connectivity index is 1.84. The fourth-order valence-corrected chi connectivity index (χ4v) is 3.08. The summed E-state index contributed by atoms with van der Waals surface area (Å²) >= 11 is 6.03. The quantitative estimate of drug-likeness (QED) is 0.585. The molecule has 0 fully saturated rings. The zero-order valence-electron chi connectivity index (χ0n) is 13.2. The first-order valence-electron chi connectivity index (χ1n) is 8.06. The van der Waals surface area contributed by atoms with Crippen molar-refractivity contribution in [2.75, 3.05) is 11.6 Å². The first-order valence-corrected chi connectivity index (χ1v) is 8.44. The number of hydrogen-bond donors (Lipinski definition) is 0. The van der Waals surface area contributed by atoms with E-state index in [4.69, 9.17) is 11.6 Å². The molecule has 4 rings (SSSR count). The second-order valence-electron chi connectivity index (χ2n) is 5.85. The summed E-state index contributed by atoms with van der Waals surface area (Å²) in [7, 11) is 0. The van der Waals surface area contributed by atoms with Crippen LogP contribution < -0.4 is 5.01 Å². The van der Waals surface area contributed by atoms with Gasteiger partial charge in [-0.15, -0.1) is 0 Å². The van der Waals surface area contributed by atoms with Crippen LogP contribution in [0.3, 0.4) is 0 Å². The highest BCUT2D eigenvalue weighted by molar-refractivity contribution is 6.30. The van der Waals surface area contributed by atoms with Crippen LogP contribution in [0.25, 0.3) is 22.3 Å². The second kappa shape index (κ2) is 6.50. The Labute approximate surface area is 147 Å². The van der Waals surface area contributed by atoms with Crippen molar-refractivity contribution in [2.45, 2.75) is 6.42 Å². The molecule has 0 radical (unpaired) electrons. The predicted octanol–water partition coefficient (Wildman–Crippen LogP) is 5.87. The van der Waals surface area contributed by atoms with Gasteiger partial charge in [0, 0.05) is 24.2 Å². The molecule has 0 N–H and O–H groups in total. The lowest BCUT2D eigenvalue weighted by atomic mass is 9.98. The van der Waals surface area contributed by atoms with E-state index in [9.17, 15) is 0 Å². The van der Waals surface area contributed by atoms with Gasteiger partial charge < -0.3 is 0 Å². The van der Waals surface area contributed by atoms with Crippen LogP contribution in [0.15, 0.2) is 77.9 Å². The van der Waals surface area contributed by atoms with Crippen molar-refractivity contribution >= 4 is 23.5 Å². The zero-order valence-corrected chi connectivity index (χ0v) is 13.9. The van der Waals surface area contributed by atoms with Crippen molar-refractivity contribution in [1.82, 2.24) is 0 Å². The Hall–Kier alpha value is -2.58. The van der Waals surface area contributed by atoms with Gasteiger partial charge in [-0.2, -0.15) is 5.10 Å². The monoisotopic (exact) mass is 332 g/mol. The van der Waals surface area contributed by atoms with Gasteiger partial charge in [-0.3, -0.25) is 5.01 Å². The van der Waals surface area contributed by atoms with Gasteiger partial charge in [0.2, 0.25) is 0 Å². The summed E-state index contributed by atoms with van der Waals surface area (Å²) in [5.41, 5.74) is 5.85. The lowest BCUT2D eigenvalue weighted by molar-refractivity contribution is 0.922. The van der Waals surface area contributed by atoms with Gasteiger partial charge in [-0.05, 0) is 52.6 Å². The second-order valence-corrected chi connectivity index (χ2v) is 6.29. The normalized spacial score (nSPS) is 13.5. The summed E-state index contributed by atoms with van der Waals surface area (Å²) in [5.74, 6) is 0. The summed E-state index contributed by atoms with van der Waals surface area (Å²) < 4.78 is 0. The smallest absolute Gasteiger partial charge is 0.0606 e. The van der Waals surface area contributed by atoms with E-state index >= 15 is 0 Å². The molecular weight excluding hydrogens is 316 g/mol. The van der Waals surface area contributed by atoms with E-state index in [0.29, 0.717) is 0 Å². The number of hydrazone groups is 1. The molecule has 3 heteroatoms. The summed E-state index contributed by atoms with van der Waals surface area (Å²) in [4.78, 5) is 0. The first kappa shape index (κ1) is 15.0. The van der Waals surface area contributed by atoms with Crippen LogP contribution in [0.1, 0.15) is 6.42 Å². The minimum atomic E-state index is 0.752. The van der Waals surface area contributed by atoms with Crippen molar-refractivity contribution < 1.29 is 0 Å². The van der Waals surface area contributed by atoms with E-state index in [-0.39, 0.29) is 0 Å². The fraction of sp³-hybridized carbons (Fsp3) is 0.0952. The van der Waals surface area contributed by atoms with Crippen molar-refractivity contribution in [3.05, 3.63) is 77.8 Å². The lowest BCUT2D eigenvalue weighted by Crippen LogP contribution is -2.11. The average molecular weight is 333 g/mol. The SMILES string of the molecule is Clc1ccc(-c2cc(-c3ccccc3)cc(N3CCC=N3)c2)cc1. The molecule has 3 aromatic carbocycles. The number of hydrogen-bond acceptors (Lipinski definition) is 2. The number of halogens is 1. The van der Waals surface area contributed by atoms with Crippen LogP contribution >= 0.6 is 11.6 Å². The van der Waals surface area contributed by atoms with Crippen molar-refractivity contribution in [3.63, 3.8) is 0 Å². The molecule has 0 aromatic heterocycles. The maximum atomic E-state index is 6.03. The summed E-state index contributed by atoms with van der Waals surface area (Å²) in [5, 5.41) is 7.29. The van der Waals surface area contributed by atoms with Crippen LogP contribution in [-0.2, 0) is 0 Å². The number of anilines is 1. The maximum Gasteiger partial charge on any atom is 0.0606 e. The molecule has 0 saturated heterocycles. The van der Waals surface area contributed by atoms with Gasteiger partial charge in [0.25, 0.3) is 0 Å². The predicted molar refractivity (Wildman–Crippen MR) is 103 cm³/mol. The molecule has 1 aliphatic rings. The van der Waals surface area contributed by atoms with E-state index in [1.54, 1.807) is 0 Å². The van der Waals surface area contributed by atoms with Gasteiger partial charge in [-0.25, -0.2) is 0 Å². The topological polar surface area (TPSA) is 15.6 Å². The highest BCUT2D eigenvalue weighted by Gasteiger charge is 2.12. The zero-order chi connectivity index (χ0) is 16.4. The third-order valence-electron chi connectivity index (χ3n) is 4.19. The average Bonchev–Trinajstić information content (AvgIpc) is 3.17. The summed E-state index contributed by atoms with van der Waals surface area (Å²) in [6.07, 6.45) is 2.96. The Morgan fingerprint density at radius 1 is 0.750 bits per heavy atom. The summed E-state index contributed by atoms with van der Waals surface area (Å²) in [6.45, 7) is 0.929. The first-order chi connectivity index (χ1) is 11.8. The van der Waals surface area contributed by atoms with Gasteiger partial charge >= 0.3 is 0 Å². The molecule has 0 saturated carbocycles. The molecule has 2 nitrogen and oxygen atoms in total. The molecule has 0 aliphatic carbocycles. The van der Waals surface area contributed by atoms with Gasteiger partial charge in [0.1, 0.15) is 0 Å². The van der Waals surface area contributed by atoms with Crippen LogP contribution in [-0.4, -0.2) is 12.8 Å². The molecule has 1 aliphatic heterocycles. The lowest BCUT2D eigenvalue weighted by Gasteiger charge is -2.17. The van der Waals surface area contributed by atoms with Gasteiger partial charge in [0.05, 0.1) is 5.69 Å². The molecule has 0 spiro atoms. The molecule has 0 unspecified atom stereocenters. The Morgan fingerprint density at radius 3 is 2.04 bits per heavy atom. The van der Waals surface area contributed by atoms with Crippen molar-refractivity contribution in [1.29, 1.82) is 0 Å². The van der Waals surface area contributed by atoms with E-state index in [1.807, 2.05) is 24.4 Å². The number of benzene rings is 3. The molecule has 0 bridgehead atoms. The molecule has 118 valence electrons. The van der Waals surface area contributed by atoms with E-state index in [2.05, 4.69) is 64.7 Å². The minimum Gasteiger partial charge on any atom is -0.265 e. The highest BCUT2D eigenvalue weighted by atomic mass is 35.5. The third kappa shape index (κ3) is 3.06. The van der Waals surface area contributed by atoms with Crippen molar-refractivity contribution in [2.24, 2.45) is 5.10 Å². The maximum absolute atomic E-state index is 6.03. The fourth-order valence-electron chi connectivity index (χ4n) is 2.96. The molecular formula is C21H17ClN2. The van der Waals surface area contributed by atoms with E-state index in [0.717, 1.165) is 29.2 Å². The van der Waals surface area contributed by atoms with Gasteiger partial charge in [0.15, 0.2) is 0 Å². The highest BCUT2D eigenvalue weighted by Crippen LogP contribution is 2.33. The Kier molecular flexibility index (Phi) is 4.06. The van der Waals surface area contributed by atoms with Crippen LogP contribution in [0.2, 0.25) is 5.02 Å². The van der Waals surface area contributed by atoms with Crippen LogP contribution in [0.5, 0.6) is 0 Å². The van der Waals surface area contributed by atoms with E-state index < -0.39 is 0 Å². The standard InChI is InChI=1S/C21H17ClN2/c22-20-9-7-17(8-10-20)19-13-18(16-5-2-1-3-6-16)14-21(15-19)24-12-4-11-23-24/h1-3,5-11,13-15H,4,12H2. The van der Waals surface area contributed by atoms with E-state index in [1.165, 1.54) is 16.7 Å². The van der Waals surface area contributed by atoms with Crippen molar-refractivity contribution in [3.8, 4) is 22.3 Å². The largest absolute Gasteiger partial charge is 0.265 e. The van der Waals surface area contributed by atoms with Crippen LogP contribution in [0.4, 0.5) is 5.69 Å². The Morgan fingerprint density at radius 2 is 1.42 bits per heavy atom. The number of rotatable bonds is 3. The Bertz CT molecular complexity index is 870. The summed E-state index contributed by atoms with van der Waals surface area (Å²) in [6, 6.07) is 25.0. The van der Waals surface area contributed by atoms with Gasteiger partial charge in [-0.1, -0.05) is 54.1 Å². The van der Waals surface area contributed by atoms with Crippen LogP contribution in [0, 0.1) is 0 Å². The molecule has 1 heterocycles. The molecule has 0 amide bonds. The third-order valence-corrected chi connectivity index (χ3v) is 4.44. The molecule has 24 heavy (non-hydrogen) atoms. The molecule has 0 atom stereocenters. The minimum absolute atomic E-state index is 0.752.